The van der Waals surface area contributed by atoms with Crippen molar-refractivity contribution >= 4 is 22.6 Å². The average molecular weight is 327 g/mol. The predicted octanol–water partition coefficient (Wildman–Crippen LogP) is 4.41. The lowest BCUT2D eigenvalue weighted by Gasteiger charge is -2.06. The molecule has 0 aliphatic rings. The summed E-state index contributed by atoms with van der Waals surface area (Å²) in [4.78, 5) is 19.8. The first-order valence-electron chi connectivity index (χ1n) is 8.15. The van der Waals surface area contributed by atoms with Gasteiger partial charge in [-0.3, -0.25) is 4.79 Å². The van der Waals surface area contributed by atoms with E-state index in [0.29, 0.717) is 12.2 Å². The number of nitrogens with zero attached hydrogens (tertiary/aromatic N) is 1. The number of rotatable bonds is 4. The lowest BCUT2D eigenvalue weighted by Crippen LogP contribution is -2.15. The van der Waals surface area contributed by atoms with Crippen LogP contribution in [0, 0.1) is 0 Å². The van der Waals surface area contributed by atoms with Gasteiger partial charge in [0.1, 0.15) is 5.82 Å². The number of nitrogens with one attached hydrogen (secondary N) is 2. The number of pyridine rings is 1. The van der Waals surface area contributed by atoms with Crippen LogP contribution in [0.1, 0.15) is 5.56 Å². The second-order valence-corrected chi connectivity index (χ2v) is 5.92. The predicted molar refractivity (Wildman–Crippen MR) is 100 cm³/mol. The number of anilines is 1. The molecule has 4 aromatic rings. The van der Waals surface area contributed by atoms with Crippen LogP contribution < -0.4 is 5.32 Å². The molecule has 1 amide bonds. The SMILES string of the molecule is O=C(Cc1ccc2cc[nH]c2c1)Nc1ccc(-c2ccccc2)cn1. The van der Waals surface area contributed by atoms with E-state index in [2.05, 4.69) is 15.3 Å². The highest BCUT2D eigenvalue weighted by atomic mass is 16.1. The average Bonchev–Trinajstić information content (AvgIpc) is 3.11. The van der Waals surface area contributed by atoms with Crippen LogP contribution in [0.2, 0.25) is 0 Å². The molecule has 0 spiro atoms. The zero-order chi connectivity index (χ0) is 17.1. The van der Waals surface area contributed by atoms with E-state index in [-0.39, 0.29) is 5.91 Å². The maximum absolute atomic E-state index is 12.2. The van der Waals surface area contributed by atoms with Gasteiger partial charge in [0.25, 0.3) is 0 Å². The van der Waals surface area contributed by atoms with Gasteiger partial charge in [0, 0.05) is 23.5 Å². The first-order chi connectivity index (χ1) is 12.3. The first kappa shape index (κ1) is 15.1. The molecule has 0 radical (unpaired) electrons. The fourth-order valence-corrected chi connectivity index (χ4v) is 2.85. The molecule has 4 heteroatoms. The molecule has 0 aliphatic carbocycles. The summed E-state index contributed by atoms with van der Waals surface area (Å²) in [5, 5.41) is 3.99. The normalized spacial score (nSPS) is 10.7. The van der Waals surface area contributed by atoms with Crippen LogP contribution in [0.5, 0.6) is 0 Å². The molecular formula is C21H17N3O. The Hall–Kier alpha value is -3.40. The van der Waals surface area contributed by atoms with E-state index < -0.39 is 0 Å². The molecule has 2 heterocycles. The number of fused-ring (bicyclic) bond motifs is 1. The molecule has 0 fully saturated rings. The number of carbonyl (C=O) groups excluding carboxylic acids is 1. The van der Waals surface area contributed by atoms with E-state index in [0.717, 1.165) is 27.6 Å². The molecule has 0 unspecified atom stereocenters. The van der Waals surface area contributed by atoms with Crippen molar-refractivity contribution in [2.75, 3.05) is 5.32 Å². The van der Waals surface area contributed by atoms with Crippen molar-refractivity contribution in [3.05, 3.63) is 84.7 Å². The van der Waals surface area contributed by atoms with Crippen molar-refractivity contribution in [2.24, 2.45) is 0 Å². The third-order valence-corrected chi connectivity index (χ3v) is 4.12. The number of hydrogen-bond donors (Lipinski definition) is 2. The van der Waals surface area contributed by atoms with Crippen LogP contribution in [0.15, 0.2) is 79.1 Å². The van der Waals surface area contributed by atoms with Crippen LogP contribution in [0.25, 0.3) is 22.0 Å². The molecule has 2 aromatic carbocycles. The van der Waals surface area contributed by atoms with Crippen LogP contribution in [0.3, 0.4) is 0 Å². The number of aromatic nitrogens is 2. The zero-order valence-electron chi connectivity index (χ0n) is 13.6. The van der Waals surface area contributed by atoms with Gasteiger partial charge in [0.2, 0.25) is 5.91 Å². The smallest absolute Gasteiger partial charge is 0.229 e. The van der Waals surface area contributed by atoms with E-state index in [4.69, 9.17) is 0 Å². The van der Waals surface area contributed by atoms with Gasteiger partial charge in [-0.25, -0.2) is 4.98 Å². The summed E-state index contributed by atoms with van der Waals surface area (Å²) in [6.45, 7) is 0. The number of H-pyrrole nitrogens is 1. The van der Waals surface area contributed by atoms with Crippen molar-refractivity contribution < 1.29 is 4.79 Å². The highest BCUT2D eigenvalue weighted by molar-refractivity contribution is 5.92. The maximum atomic E-state index is 12.2. The third kappa shape index (κ3) is 3.43. The Labute approximate surface area is 145 Å². The van der Waals surface area contributed by atoms with Crippen molar-refractivity contribution in [2.45, 2.75) is 6.42 Å². The van der Waals surface area contributed by atoms with Gasteiger partial charge in [0.05, 0.1) is 6.42 Å². The molecule has 4 nitrogen and oxygen atoms in total. The molecule has 0 saturated carbocycles. The van der Waals surface area contributed by atoms with Crippen molar-refractivity contribution in [3.63, 3.8) is 0 Å². The Morgan fingerprint density at radius 1 is 0.960 bits per heavy atom. The van der Waals surface area contributed by atoms with Gasteiger partial charge >= 0.3 is 0 Å². The fourth-order valence-electron chi connectivity index (χ4n) is 2.85. The standard InChI is InChI=1S/C21H17N3O/c25-21(13-15-6-7-17-10-11-22-19(17)12-15)24-20-9-8-18(14-23-20)16-4-2-1-3-5-16/h1-12,14,22H,13H2,(H,23,24,25). The lowest BCUT2D eigenvalue weighted by atomic mass is 10.1. The monoisotopic (exact) mass is 327 g/mol. The van der Waals surface area contributed by atoms with E-state index in [1.807, 2.05) is 72.9 Å². The molecule has 0 aliphatic heterocycles. The molecular weight excluding hydrogens is 310 g/mol. The molecule has 0 bridgehead atoms. The summed E-state index contributed by atoms with van der Waals surface area (Å²) >= 11 is 0. The van der Waals surface area contributed by atoms with E-state index >= 15 is 0 Å². The van der Waals surface area contributed by atoms with Gasteiger partial charge in [-0.1, -0.05) is 42.5 Å². The van der Waals surface area contributed by atoms with Crippen molar-refractivity contribution in [1.29, 1.82) is 0 Å². The van der Waals surface area contributed by atoms with Crippen molar-refractivity contribution in [1.82, 2.24) is 9.97 Å². The first-order valence-corrected chi connectivity index (χ1v) is 8.15. The minimum absolute atomic E-state index is 0.0779. The van der Waals surface area contributed by atoms with Crippen LogP contribution in [0.4, 0.5) is 5.82 Å². The summed E-state index contributed by atoms with van der Waals surface area (Å²) < 4.78 is 0. The van der Waals surface area contributed by atoms with Gasteiger partial charge in [-0.05, 0) is 40.8 Å². The maximum Gasteiger partial charge on any atom is 0.229 e. The van der Waals surface area contributed by atoms with E-state index in [1.165, 1.54) is 0 Å². The van der Waals surface area contributed by atoms with Gasteiger partial charge in [0.15, 0.2) is 0 Å². The van der Waals surface area contributed by atoms with E-state index in [9.17, 15) is 4.79 Å². The summed E-state index contributed by atoms with van der Waals surface area (Å²) in [5.41, 5.74) is 4.13. The largest absolute Gasteiger partial charge is 0.361 e. The molecule has 0 saturated heterocycles. The lowest BCUT2D eigenvalue weighted by molar-refractivity contribution is -0.115. The number of amides is 1. The topological polar surface area (TPSA) is 57.8 Å². The molecule has 122 valence electrons. The Balaban J connectivity index is 1.43. The summed E-state index contributed by atoms with van der Waals surface area (Å²) in [6, 6.07) is 21.8. The van der Waals surface area contributed by atoms with Crippen molar-refractivity contribution in [3.8, 4) is 11.1 Å². The summed E-state index contributed by atoms with van der Waals surface area (Å²) in [5.74, 6) is 0.483. The Bertz CT molecular complexity index is 1000. The Kier molecular flexibility index (Phi) is 4.01. The Morgan fingerprint density at radius 2 is 1.84 bits per heavy atom. The summed E-state index contributed by atoms with van der Waals surface area (Å²) in [6.07, 6.45) is 3.99. The molecule has 2 aromatic heterocycles. The Morgan fingerprint density at radius 3 is 2.64 bits per heavy atom. The second kappa shape index (κ2) is 6.61. The number of carbonyl (C=O) groups is 1. The van der Waals surface area contributed by atoms with Crippen LogP contribution in [-0.4, -0.2) is 15.9 Å². The molecule has 2 N–H and O–H groups in total. The number of aromatic amines is 1. The fraction of sp³-hybridized carbons (Fsp3) is 0.0476. The van der Waals surface area contributed by atoms with Crippen LogP contribution >= 0.6 is 0 Å². The minimum atomic E-state index is -0.0779. The summed E-state index contributed by atoms with van der Waals surface area (Å²) in [7, 11) is 0. The van der Waals surface area contributed by atoms with Gasteiger partial charge in [-0.2, -0.15) is 0 Å². The second-order valence-electron chi connectivity index (χ2n) is 5.92. The van der Waals surface area contributed by atoms with Gasteiger partial charge < -0.3 is 10.3 Å². The molecule has 25 heavy (non-hydrogen) atoms. The third-order valence-electron chi connectivity index (χ3n) is 4.12. The van der Waals surface area contributed by atoms with Crippen LogP contribution in [-0.2, 0) is 11.2 Å². The number of hydrogen-bond acceptors (Lipinski definition) is 2. The highest BCUT2D eigenvalue weighted by Crippen LogP contribution is 2.19. The molecule has 0 atom stereocenters. The zero-order valence-corrected chi connectivity index (χ0v) is 13.6. The van der Waals surface area contributed by atoms with Gasteiger partial charge in [-0.15, -0.1) is 0 Å². The number of benzene rings is 2. The minimum Gasteiger partial charge on any atom is -0.361 e. The van der Waals surface area contributed by atoms with E-state index in [1.54, 1.807) is 6.20 Å². The highest BCUT2D eigenvalue weighted by Gasteiger charge is 2.07. The molecule has 4 rings (SSSR count). The quantitative estimate of drug-likeness (QED) is 0.583.